The van der Waals surface area contributed by atoms with Crippen LogP contribution in [0.5, 0.6) is 0 Å². The van der Waals surface area contributed by atoms with Crippen molar-refractivity contribution in [3.8, 4) is 0 Å². The fraction of sp³-hybridized carbons (Fsp3) is 0.647. The molecule has 0 unspecified atom stereocenters. The summed E-state index contributed by atoms with van der Waals surface area (Å²) in [6.45, 7) is 4.55. The van der Waals surface area contributed by atoms with Crippen LogP contribution in [0, 0.1) is 12.8 Å². The van der Waals surface area contributed by atoms with Crippen molar-refractivity contribution in [2.75, 3.05) is 14.1 Å². The van der Waals surface area contributed by atoms with E-state index >= 15 is 0 Å². The minimum Gasteiger partial charge on any atom is -0.303 e. The van der Waals surface area contributed by atoms with Gasteiger partial charge >= 0.3 is 0 Å². The molecule has 0 radical (unpaired) electrons. The Hall–Kier alpha value is -0.820. The third kappa shape index (κ3) is 2.95. The van der Waals surface area contributed by atoms with Gasteiger partial charge < -0.3 is 4.90 Å². The number of likely N-dealkylation sites (N-methyl/N-ethyl adjacent to an activating group) is 1. The third-order valence-corrected chi connectivity index (χ3v) is 4.81. The average Bonchev–Trinajstić information content (AvgIpc) is 2.35. The molecule has 0 spiro atoms. The SMILES string of the molecule is Cc1ccc(CC2(N(C)C)CCC(C)CC2)cc1. The van der Waals surface area contributed by atoms with Gasteiger partial charge in [-0.1, -0.05) is 36.8 Å². The fourth-order valence-electron chi connectivity index (χ4n) is 3.17. The lowest BCUT2D eigenvalue weighted by atomic mass is 9.73. The first-order chi connectivity index (χ1) is 8.52. The molecule has 1 aliphatic carbocycles. The predicted molar refractivity (Wildman–Crippen MR) is 78.9 cm³/mol. The minimum atomic E-state index is 0.391. The zero-order valence-corrected chi connectivity index (χ0v) is 12.4. The van der Waals surface area contributed by atoms with Crippen molar-refractivity contribution in [1.29, 1.82) is 0 Å². The molecule has 2 rings (SSSR count). The van der Waals surface area contributed by atoms with Crippen LogP contribution in [-0.2, 0) is 6.42 Å². The molecule has 100 valence electrons. The minimum absolute atomic E-state index is 0.391. The Morgan fingerprint density at radius 3 is 2.17 bits per heavy atom. The van der Waals surface area contributed by atoms with E-state index in [0.717, 1.165) is 5.92 Å². The number of benzene rings is 1. The zero-order chi connectivity index (χ0) is 13.2. The number of aryl methyl sites for hydroxylation is 1. The fourth-order valence-corrected chi connectivity index (χ4v) is 3.17. The van der Waals surface area contributed by atoms with Crippen molar-refractivity contribution in [3.63, 3.8) is 0 Å². The summed E-state index contributed by atoms with van der Waals surface area (Å²) in [5.41, 5.74) is 3.24. The molecule has 0 saturated heterocycles. The third-order valence-electron chi connectivity index (χ3n) is 4.81. The predicted octanol–water partition coefficient (Wildman–Crippen LogP) is 4.05. The van der Waals surface area contributed by atoms with E-state index in [9.17, 15) is 0 Å². The molecule has 1 nitrogen and oxygen atoms in total. The van der Waals surface area contributed by atoms with Crippen LogP contribution in [0.2, 0.25) is 0 Å². The van der Waals surface area contributed by atoms with Crippen LogP contribution in [0.15, 0.2) is 24.3 Å². The van der Waals surface area contributed by atoms with Gasteiger partial charge in [0.15, 0.2) is 0 Å². The van der Waals surface area contributed by atoms with Gasteiger partial charge in [0.05, 0.1) is 0 Å². The van der Waals surface area contributed by atoms with Gasteiger partial charge in [-0.2, -0.15) is 0 Å². The summed E-state index contributed by atoms with van der Waals surface area (Å²) in [6.07, 6.45) is 6.64. The maximum absolute atomic E-state index is 2.47. The average molecular weight is 245 g/mol. The lowest BCUT2D eigenvalue weighted by Crippen LogP contribution is -2.48. The molecule has 1 aromatic carbocycles. The lowest BCUT2D eigenvalue weighted by molar-refractivity contribution is 0.0830. The quantitative estimate of drug-likeness (QED) is 0.776. The van der Waals surface area contributed by atoms with Crippen molar-refractivity contribution >= 4 is 0 Å². The van der Waals surface area contributed by atoms with Gasteiger partial charge in [-0.3, -0.25) is 0 Å². The maximum atomic E-state index is 2.47. The standard InChI is InChI=1S/C17H27N/c1-14-5-7-16(8-6-14)13-17(18(3)4)11-9-15(2)10-12-17/h5-8,15H,9-13H2,1-4H3. The molecule has 0 N–H and O–H groups in total. The largest absolute Gasteiger partial charge is 0.303 e. The van der Waals surface area contributed by atoms with Crippen LogP contribution >= 0.6 is 0 Å². The first kappa shape index (κ1) is 13.6. The van der Waals surface area contributed by atoms with E-state index in [1.807, 2.05) is 0 Å². The second-order valence-corrected chi connectivity index (χ2v) is 6.46. The van der Waals surface area contributed by atoms with E-state index in [2.05, 4.69) is 57.1 Å². The molecule has 1 saturated carbocycles. The summed E-state index contributed by atoms with van der Waals surface area (Å²) in [5.74, 6) is 0.913. The molecular weight excluding hydrogens is 218 g/mol. The first-order valence-corrected chi connectivity index (χ1v) is 7.25. The molecule has 1 fully saturated rings. The van der Waals surface area contributed by atoms with E-state index in [0.29, 0.717) is 5.54 Å². The second-order valence-electron chi connectivity index (χ2n) is 6.46. The van der Waals surface area contributed by atoms with Gasteiger partial charge in [-0.15, -0.1) is 0 Å². The summed E-state index contributed by atoms with van der Waals surface area (Å²) in [6, 6.07) is 9.09. The Morgan fingerprint density at radius 1 is 1.11 bits per heavy atom. The number of hydrogen-bond acceptors (Lipinski definition) is 1. The second kappa shape index (κ2) is 5.44. The molecule has 0 heterocycles. The molecule has 0 atom stereocenters. The molecule has 0 aliphatic heterocycles. The van der Waals surface area contributed by atoms with E-state index in [-0.39, 0.29) is 0 Å². The number of rotatable bonds is 3. The topological polar surface area (TPSA) is 3.24 Å². The maximum Gasteiger partial charge on any atom is 0.0244 e. The summed E-state index contributed by atoms with van der Waals surface area (Å²) < 4.78 is 0. The van der Waals surface area contributed by atoms with Crippen LogP contribution in [0.4, 0.5) is 0 Å². The molecule has 1 aliphatic rings. The van der Waals surface area contributed by atoms with Gasteiger partial charge in [0.25, 0.3) is 0 Å². The summed E-state index contributed by atoms with van der Waals surface area (Å²) in [4.78, 5) is 2.47. The molecule has 1 aromatic rings. The first-order valence-electron chi connectivity index (χ1n) is 7.25. The van der Waals surface area contributed by atoms with Crippen LogP contribution in [0.25, 0.3) is 0 Å². The lowest BCUT2D eigenvalue weighted by Gasteiger charge is -2.45. The van der Waals surface area contributed by atoms with Gasteiger partial charge in [0.1, 0.15) is 0 Å². The van der Waals surface area contributed by atoms with E-state index in [1.54, 1.807) is 0 Å². The van der Waals surface area contributed by atoms with Crippen LogP contribution < -0.4 is 0 Å². The van der Waals surface area contributed by atoms with Crippen molar-refractivity contribution < 1.29 is 0 Å². The van der Waals surface area contributed by atoms with Crippen LogP contribution in [0.3, 0.4) is 0 Å². The Kier molecular flexibility index (Phi) is 4.11. The van der Waals surface area contributed by atoms with Gasteiger partial charge in [0.2, 0.25) is 0 Å². The van der Waals surface area contributed by atoms with Crippen molar-refractivity contribution in [2.24, 2.45) is 5.92 Å². The normalized spacial score (nSPS) is 28.6. The van der Waals surface area contributed by atoms with Gasteiger partial charge in [0, 0.05) is 5.54 Å². The van der Waals surface area contributed by atoms with Crippen molar-refractivity contribution in [3.05, 3.63) is 35.4 Å². The Labute approximate surface area is 112 Å². The molecule has 0 bridgehead atoms. The number of nitrogens with zero attached hydrogens (tertiary/aromatic N) is 1. The van der Waals surface area contributed by atoms with Gasteiger partial charge in [-0.05, 0) is 64.6 Å². The highest BCUT2D eigenvalue weighted by molar-refractivity contribution is 5.23. The van der Waals surface area contributed by atoms with Crippen molar-refractivity contribution in [1.82, 2.24) is 4.90 Å². The van der Waals surface area contributed by atoms with Gasteiger partial charge in [-0.25, -0.2) is 0 Å². The van der Waals surface area contributed by atoms with E-state index < -0.39 is 0 Å². The highest BCUT2D eigenvalue weighted by atomic mass is 15.1. The summed E-state index contributed by atoms with van der Waals surface area (Å²) >= 11 is 0. The summed E-state index contributed by atoms with van der Waals surface area (Å²) in [7, 11) is 4.51. The smallest absolute Gasteiger partial charge is 0.0244 e. The highest BCUT2D eigenvalue weighted by Gasteiger charge is 2.36. The van der Waals surface area contributed by atoms with Crippen LogP contribution in [-0.4, -0.2) is 24.5 Å². The molecule has 0 aromatic heterocycles. The summed E-state index contributed by atoms with van der Waals surface area (Å²) in [5, 5.41) is 0. The van der Waals surface area contributed by atoms with Crippen molar-refractivity contribution in [2.45, 2.75) is 51.5 Å². The van der Waals surface area contributed by atoms with E-state index in [4.69, 9.17) is 0 Å². The molecular formula is C17H27N. The zero-order valence-electron chi connectivity index (χ0n) is 12.4. The monoisotopic (exact) mass is 245 g/mol. The number of hydrogen-bond donors (Lipinski definition) is 0. The Balaban J connectivity index is 2.13. The Bertz CT molecular complexity index is 369. The molecule has 1 heteroatoms. The van der Waals surface area contributed by atoms with E-state index in [1.165, 1.54) is 43.2 Å². The molecule has 0 amide bonds. The van der Waals surface area contributed by atoms with Crippen LogP contribution in [0.1, 0.15) is 43.7 Å². The Morgan fingerprint density at radius 2 is 1.67 bits per heavy atom. The molecule has 18 heavy (non-hydrogen) atoms. The highest BCUT2D eigenvalue weighted by Crippen LogP contribution is 2.37.